The standard InChI is InChI=1S/C20H18FNO2/c1-2-3-4-13-5-10-18-16(11-13)17(20(23)24)12-19(22-18)14-6-8-15(21)9-7-14/h5-12H,2-4H2,1H3,(H,23,24). The van der Waals surface area contributed by atoms with Crippen LogP contribution in [0.15, 0.2) is 48.5 Å². The number of aromatic nitrogens is 1. The van der Waals surface area contributed by atoms with Gasteiger partial charge in [-0.3, -0.25) is 0 Å². The minimum absolute atomic E-state index is 0.220. The molecular formula is C20H18FNO2. The summed E-state index contributed by atoms with van der Waals surface area (Å²) in [5, 5.41) is 10.2. The highest BCUT2D eigenvalue weighted by molar-refractivity contribution is 6.04. The van der Waals surface area contributed by atoms with Gasteiger partial charge in [0.2, 0.25) is 0 Å². The third-order valence-electron chi connectivity index (χ3n) is 4.06. The number of halogens is 1. The molecule has 0 amide bonds. The molecule has 0 spiro atoms. The zero-order valence-electron chi connectivity index (χ0n) is 13.4. The van der Waals surface area contributed by atoms with Gasteiger partial charge in [0.05, 0.1) is 16.8 Å². The lowest BCUT2D eigenvalue weighted by atomic mass is 10.0. The topological polar surface area (TPSA) is 50.2 Å². The summed E-state index contributed by atoms with van der Waals surface area (Å²) in [5.41, 5.74) is 3.19. The fraction of sp³-hybridized carbons (Fsp3) is 0.200. The first-order valence-corrected chi connectivity index (χ1v) is 8.01. The predicted octanol–water partition coefficient (Wildman–Crippen LogP) is 5.08. The zero-order valence-corrected chi connectivity index (χ0v) is 13.4. The van der Waals surface area contributed by atoms with Gasteiger partial charge in [-0.25, -0.2) is 14.2 Å². The van der Waals surface area contributed by atoms with Gasteiger partial charge >= 0.3 is 5.97 Å². The van der Waals surface area contributed by atoms with Crippen LogP contribution in [0.5, 0.6) is 0 Å². The first-order chi connectivity index (χ1) is 11.6. The second kappa shape index (κ2) is 6.79. The molecule has 0 aliphatic heterocycles. The van der Waals surface area contributed by atoms with Crippen LogP contribution in [-0.2, 0) is 6.42 Å². The Bertz CT molecular complexity index is 888. The molecule has 1 heterocycles. The molecule has 3 rings (SSSR count). The van der Waals surface area contributed by atoms with Gasteiger partial charge in [0, 0.05) is 10.9 Å². The fourth-order valence-electron chi connectivity index (χ4n) is 2.75. The molecule has 0 saturated heterocycles. The molecule has 0 fully saturated rings. The fourth-order valence-corrected chi connectivity index (χ4v) is 2.75. The highest BCUT2D eigenvalue weighted by Crippen LogP contribution is 2.26. The minimum Gasteiger partial charge on any atom is -0.478 e. The van der Waals surface area contributed by atoms with Crippen molar-refractivity contribution in [3.05, 3.63) is 65.5 Å². The van der Waals surface area contributed by atoms with Gasteiger partial charge in [0.25, 0.3) is 0 Å². The van der Waals surface area contributed by atoms with Gasteiger partial charge in [-0.1, -0.05) is 19.4 Å². The first-order valence-electron chi connectivity index (χ1n) is 8.01. The molecule has 1 aromatic heterocycles. The second-order valence-corrected chi connectivity index (χ2v) is 5.82. The molecular weight excluding hydrogens is 305 g/mol. The molecule has 4 heteroatoms. The number of rotatable bonds is 5. The Morgan fingerprint density at radius 1 is 1.12 bits per heavy atom. The molecule has 3 aromatic rings. The van der Waals surface area contributed by atoms with Crippen LogP contribution in [-0.4, -0.2) is 16.1 Å². The van der Waals surface area contributed by atoms with Crippen LogP contribution in [0.3, 0.4) is 0 Å². The number of carboxylic acids is 1. The van der Waals surface area contributed by atoms with E-state index in [1.165, 1.54) is 12.1 Å². The number of carbonyl (C=O) groups is 1. The third kappa shape index (κ3) is 3.27. The number of unbranched alkanes of at least 4 members (excludes halogenated alkanes) is 1. The van der Waals surface area contributed by atoms with E-state index in [1.54, 1.807) is 18.2 Å². The van der Waals surface area contributed by atoms with Crippen LogP contribution >= 0.6 is 0 Å². The summed E-state index contributed by atoms with van der Waals surface area (Å²) in [4.78, 5) is 16.2. The van der Waals surface area contributed by atoms with E-state index >= 15 is 0 Å². The number of fused-ring (bicyclic) bond motifs is 1. The number of aromatic carboxylic acids is 1. The molecule has 0 radical (unpaired) electrons. The summed E-state index contributed by atoms with van der Waals surface area (Å²) in [6.45, 7) is 2.13. The Hall–Kier alpha value is -2.75. The Balaban J connectivity index is 2.14. The maximum Gasteiger partial charge on any atom is 0.336 e. The highest BCUT2D eigenvalue weighted by Gasteiger charge is 2.13. The number of nitrogens with zero attached hydrogens (tertiary/aromatic N) is 1. The average Bonchev–Trinajstić information content (AvgIpc) is 2.59. The smallest absolute Gasteiger partial charge is 0.336 e. The van der Waals surface area contributed by atoms with Crippen molar-refractivity contribution >= 4 is 16.9 Å². The Morgan fingerprint density at radius 2 is 1.88 bits per heavy atom. The Kier molecular flexibility index (Phi) is 4.56. The van der Waals surface area contributed by atoms with Crippen molar-refractivity contribution in [1.82, 2.24) is 4.98 Å². The summed E-state index contributed by atoms with van der Waals surface area (Å²) < 4.78 is 13.1. The third-order valence-corrected chi connectivity index (χ3v) is 4.06. The number of hydrogen-bond donors (Lipinski definition) is 1. The summed E-state index contributed by atoms with van der Waals surface area (Å²) in [6.07, 6.45) is 3.08. The number of benzene rings is 2. The molecule has 24 heavy (non-hydrogen) atoms. The lowest BCUT2D eigenvalue weighted by Crippen LogP contribution is -2.01. The van der Waals surface area contributed by atoms with E-state index < -0.39 is 5.97 Å². The van der Waals surface area contributed by atoms with Crippen LogP contribution < -0.4 is 0 Å². The largest absolute Gasteiger partial charge is 0.478 e. The summed E-state index contributed by atoms with van der Waals surface area (Å²) in [7, 11) is 0. The molecule has 3 nitrogen and oxygen atoms in total. The van der Waals surface area contributed by atoms with Crippen molar-refractivity contribution in [2.45, 2.75) is 26.2 Å². The van der Waals surface area contributed by atoms with Crippen LogP contribution in [0.2, 0.25) is 0 Å². The van der Waals surface area contributed by atoms with E-state index in [9.17, 15) is 14.3 Å². The van der Waals surface area contributed by atoms with Crippen molar-refractivity contribution in [1.29, 1.82) is 0 Å². The van der Waals surface area contributed by atoms with Crippen molar-refractivity contribution in [2.75, 3.05) is 0 Å². The van der Waals surface area contributed by atoms with Crippen LogP contribution in [0.1, 0.15) is 35.7 Å². The quantitative estimate of drug-likeness (QED) is 0.712. The van der Waals surface area contributed by atoms with Crippen LogP contribution in [0, 0.1) is 5.82 Å². The van der Waals surface area contributed by atoms with Crippen LogP contribution in [0.4, 0.5) is 4.39 Å². The predicted molar refractivity (Wildman–Crippen MR) is 92.7 cm³/mol. The molecule has 0 atom stereocenters. The molecule has 0 unspecified atom stereocenters. The lowest BCUT2D eigenvalue weighted by Gasteiger charge is -2.09. The average molecular weight is 323 g/mol. The van der Waals surface area contributed by atoms with E-state index in [2.05, 4.69) is 11.9 Å². The van der Waals surface area contributed by atoms with Gasteiger partial charge in [0.15, 0.2) is 0 Å². The number of hydrogen-bond acceptors (Lipinski definition) is 2. The van der Waals surface area contributed by atoms with E-state index in [0.29, 0.717) is 22.2 Å². The van der Waals surface area contributed by atoms with Gasteiger partial charge < -0.3 is 5.11 Å². The van der Waals surface area contributed by atoms with Gasteiger partial charge in [-0.05, 0) is 60.9 Å². The molecule has 0 aliphatic rings. The number of pyridine rings is 1. The number of carboxylic acid groups (broad SMARTS) is 1. The van der Waals surface area contributed by atoms with Crippen molar-refractivity contribution < 1.29 is 14.3 Å². The zero-order chi connectivity index (χ0) is 17.1. The van der Waals surface area contributed by atoms with Crippen molar-refractivity contribution in [3.8, 4) is 11.3 Å². The summed E-state index contributed by atoms with van der Waals surface area (Å²) in [5.74, 6) is -1.32. The van der Waals surface area contributed by atoms with E-state index in [4.69, 9.17) is 0 Å². The van der Waals surface area contributed by atoms with Gasteiger partial charge in [-0.2, -0.15) is 0 Å². The molecule has 2 aromatic carbocycles. The summed E-state index contributed by atoms with van der Waals surface area (Å²) >= 11 is 0. The minimum atomic E-state index is -0.988. The Labute approximate surface area is 139 Å². The van der Waals surface area contributed by atoms with Gasteiger partial charge in [-0.15, -0.1) is 0 Å². The molecule has 1 N–H and O–H groups in total. The Morgan fingerprint density at radius 3 is 2.54 bits per heavy atom. The SMILES string of the molecule is CCCCc1ccc2nc(-c3ccc(F)cc3)cc(C(=O)O)c2c1. The molecule has 0 aliphatic carbocycles. The number of aryl methyl sites for hydroxylation is 1. The second-order valence-electron chi connectivity index (χ2n) is 5.82. The van der Waals surface area contributed by atoms with Crippen molar-refractivity contribution in [2.24, 2.45) is 0 Å². The highest BCUT2D eigenvalue weighted by atomic mass is 19.1. The van der Waals surface area contributed by atoms with Crippen LogP contribution in [0.25, 0.3) is 22.2 Å². The van der Waals surface area contributed by atoms with Crippen molar-refractivity contribution in [3.63, 3.8) is 0 Å². The van der Waals surface area contributed by atoms with Gasteiger partial charge in [0.1, 0.15) is 5.82 Å². The first kappa shape index (κ1) is 16.1. The molecule has 0 saturated carbocycles. The molecule has 122 valence electrons. The maximum absolute atomic E-state index is 13.1. The van der Waals surface area contributed by atoms with E-state index in [-0.39, 0.29) is 11.4 Å². The normalized spacial score (nSPS) is 10.9. The van der Waals surface area contributed by atoms with E-state index in [0.717, 1.165) is 24.8 Å². The maximum atomic E-state index is 13.1. The van der Waals surface area contributed by atoms with E-state index in [1.807, 2.05) is 18.2 Å². The molecule has 0 bridgehead atoms. The monoisotopic (exact) mass is 323 g/mol. The lowest BCUT2D eigenvalue weighted by molar-refractivity contribution is 0.0699. The summed E-state index contributed by atoms with van der Waals surface area (Å²) in [6, 6.07) is 13.2.